The van der Waals surface area contributed by atoms with Gasteiger partial charge in [-0.2, -0.15) is 0 Å². The Morgan fingerprint density at radius 3 is 2.32 bits per heavy atom. The molecule has 0 radical (unpaired) electrons. The zero-order valence-electron chi connectivity index (χ0n) is 12.1. The lowest BCUT2D eigenvalue weighted by Crippen LogP contribution is -2.44. The highest BCUT2D eigenvalue weighted by Gasteiger charge is 2.48. The van der Waals surface area contributed by atoms with Crippen LogP contribution in [0.15, 0.2) is 0 Å². The third-order valence-electron chi connectivity index (χ3n) is 4.29. The van der Waals surface area contributed by atoms with Gasteiger partial charge in [-0.1, -0.05) is 0 Å². The van der Waals surface area contributed by atoms with Gasteiger partial charge < -0.3 is 14.5 Å². The minimum atomic E-state index is -0.0346. The quantitative estimate of drug-likeness (QED) is 0.708. The lowest BCUT2D eigenvalue weighted by Gasteiger charge is -2.26. The number of likely N-dealkylation sites (N-methyl/N-ethyl adjacent to an activating group) is 1. The van der Waals surface area contributed by atoms with Crippen LogP contribution in [0.3, 0.4) is 0 Å². The van der Waals surface area contributed by atoms with Crippen molar-refractivity contribution in [2.45, 2.75) is 19.3 Å². The van der Waals surface area contributed by atoms with E-state index in [0.29, 0.717) is 13.2 Å². The average Bonchev–Trinajstić information content (AvgIpc) is 2.99. The second-order valence-electron chi connectivity index (χ2n) is 5.96. The van der Waals surface area contributed by atoms with Gasteiger partial charge in [-0.3, -0.25) is 9.59 Å². The van der Waals surface area contributed by atoms with Crippen molar-refractivity contribution in [3.8, 4) is 0 Å². The van der Waals surface area contributed by atoms with E-state index in [2.05, 4.69) is 0 Å². The Hall–Kier alpha value is -1.10. The van der Waals surface area contributed by atoms with Crippen LogP contribution in [0.1, 0.15) is 19.3 Å². The van der Waals surface area contributed by atoms with Gasteiger partial charge >= 0.3 is 0 Å². The Balaban J connectivity index is 1.91. The molecule has 108 valence electrons. The molecule has 0 aromatic rings. The predicted molar refractivity (Wildman–Crippen MR) is 71.5 cm³/mol. The maximum Gasteiger partial charge on any atom is 0.241 e. The van der Waals surface area contributed by atoms with Crippen molar-refractivity contribution in [3.63, 3.8) is 0 Å². The van der Waals surface area contributed by atoms with Crippen molar-refractivity contribution in [3.05, 3.63) is 0 Å². The van der Waals surface area contributed by atoms with Crippen LogP contribution in [0.5, 0.6) is 0 Å². The first-order valence-corrected chi connectivity index (χ1v) is 7.00. The summed E-state index contributed by atoms with van der Waals surface area (Å²) in [5, 5.41) is 0. The molecule has 2 aliphatic rings. The van der Waals surface area contributed by atoms with Crippen molar-refractivity contribution < 1.29 is 14.3 Å². The number of rotatable bonds is 6. The highest BCUT2D eigenvalue weighted by atomic mass is 16.5. The molecule has 2 fully saturated rings. The molecule has 2 saturated carbocycles. The standard InChI is InChI=1S/C14H24N2O3/c1-15(2)13(17)9-16(4-5-19-3)14(18)12-7-10-6-11(10)8-12/h10-12H,4-9H2,1-3H3. The van der Waals surface area contributed by atoms with Crippen LogP contribution >= 0.6 is 0 Å². The number of methoxy groups -OCH3 is 1. The van der Waals surface area contributed by atoms with Crippen molar-refractivity contribution >= 4 is 11.8 Å². The summed E-state index contributed by atoms with van der Waals surface area (Å²) in [6.45, 7) is 1.15. The maximum atomic E-state index is 12.5. The Bertz CT molecular complexity index is 347. The van der Waals surface area contributed by atoms with E-state index in [1.54, 1.807) is 26.1 Å². The molecule has 0 saturated heterocycles. The minimum absolute atomic E-state index is 0.0346. The molecule has 2 amide bonds. The maximum absolute atomic E-state index is 12.5. The molecule has 0 spiro atoms. The molecule has 0 bridgehead atoms. The molecule has 2 atom stereocenters. The van der Waals surface area contributed by atoms with Gasteiger partial charge in [-0.15, -0.1) is 0 Å². The second-order valence-corrected chi connectivity index (χ2v) is 5.96. The molecule has 2 aliphatic carbocycles. The van der Waals surface area contributed by atoms with Crippen molar-refractivity contribution in [1.82, 2.24) is 9.80 Å². The smallest absolute Gasteiger partial charge is 0.241 e. The fraction of sp³-hybridized carbons (Fsp3) is 0.857. The summed E-state index contributed by atoms with van der Waals surface area (Å²) < 4.78 is 5.04. The molecule has 0 aromatic carbocycles. The summed E-state index contributed by atoms with van der Waals surface area (Å²) in [5.74, 6) is 1.80. The second kappa shape index (κ2) is 5.90. The van der Waals surface area contributed by atoms with Gasteiger partial charge in [-0.25, -0.2) is 0 Å². The van der Waals surface area contributed by atoms with E-state index in [-0.39, 0.29) is 24.3 Å². The SMILES string of the molecule is COCCN(CC(=O)N(C)C)C(=O)C1CC2CC2C1. The van der Waals surface area contributed by atoms with Crippen LogP contribution in [0, 0.1) is 17.8 Å². The van der Waals surface area contributed by atoms with Gasteiger partial charge in [0.05, 0.1) is 13.2 Å². The van der Waals surface area contributed by atoms with Crippen LogP contribution in [-0.2, 0) is 14.3 Å². The molecule has 19 heavy (non-hydrogen) atoms. The van der Waals surface area contributed by atoms with Crippen molar-refractivity contribution in [2.24, 2.45) is 17.8 Å². The third kappa shape index (κ3) is 3.47. The minimum Gasteiger partial charge on any atom is -0.383 e. The van der Waals surface area contributed by atoms with Crippen LogP contribution in [0.2, 0.25) is 0 Å². The first kappa shape index (κ1) is 14.3. The van der Waals surface area contributed by atoms with Crippen LogP contribution in [0.4, 0.5) is 0 Å². The van der Waals surface area contributed by atoms with Gasteiger partial charge in [0.25, 0.3) is 0 Å². The number of hydrogen-bond donors (Lipinski definition) is 0. The largest absolute Gasteiger partial charge is 0.383 e. The summed E-state index contributed by atoms with van der Waals surface area (Å²) in [7, 11) is 5.04. The number of hydrogen-bond acceptors (Lipinski definition) is 3. The number of carbonyl (C=O) groups is 2. The normalized spacial score (nSPS) is 27.8. The monoisotopic (exact) mass is 268 g/mol. The lowest BCUT2D eigenvalue weighted by atomic mass is 10.0. The number of carbonyl (C=O) groups excluding carboxylic acids is 2. The molecule has 5 heteroatoms. The summed E-state index contributed by atoms with van der Waals surface area (Å²) in [6.07, 6.45) is 3.34. The third-order valence-corrected chi connectivity index (χ3v) is 4.29. The van der Waals surface area contributed by atoms with Crippen LogP contribution in [-0.4, -0.2) is 62.5 Å². The van der Waals surface area contributed by atoms with E-state index in [1.165, 1.54) is 11.3 Å². The fourth-order valence-corrected chi connectivity index (χ4v) is 2.95. The zero-order chi connectivity index (χ0) is 14.0. The van der Waals surface area contributed by atoms with Crippen LogP contribution < -0.4 is 0 Å². The van der Waals surface area contributed by atoms with Crippen LogP contribution in [0.25, 0.3) is 0 Å². The van der Waals surface area contributed by atoms with E-state index in [0.717, 1.165) is 24.7 Å². The number of amides is 2. The van der Waals surface area contributed by atoms with Gasteiger partial charge in [0.15, 0.2) is 0 Å². The number of fused-ring (bicyclic) bond motifs is 1. The Kier molecular flexibility index (Phi) is 4.45. The Morgan fingerprint density at radius 2 is 1.79 bits per heavy atom. The predicted octanol–water partition coefficient (Wildman–Crippen LogP) is 0.596. The Morgan fingerprint density at radius 1 is 1.16 bits per heavy atom. The number of ether oxygens (including phenoxy) is 1. The zero-order valence-corrected chi connectivity index (χ0v) is 12.1. The fourth-order valence-electron chi connectivity index (χ4n) is 2.95. The molecule has 0 heterocycles. The van der Waals surface area contributed by atoms with Crippen molar-refractivity contribution in [1.29, 1.82) is 0 Å². The van der Waals surface area contributed by atoms with E-state index >= 15 is 0 Å². The molecule has 2 rings (SSSR count). The first-order valence-electron chi connectivity index (χ1n) is 7.00. The summed E-state index contributed by atoms with van der Waals surface area (Å²) in [6, 6.07) is 0. The molecular weight excluding hydrogens is 244 g/mol. The van der Waals surface area contributed by atoms with E-state index in [9.17, 15) is 9.59 Å². The molecule has 5 nitrogen and oxygen atoms in total. The molecule has 2 unspecified atom stereocenters. The number of nitrogens with zero attached hydrogens (tertiary/aromatic N) is 2. The van der Waals surface area contributed by atoms with Crippen molar-refractivity contribution in [2.75, 3.05) is 40.9 Å². The topological polar surface area (TPSA) is 49.9 Å². The lowest BCUT2D eigenvalue weighted by molar-refractivity contribution is -0.142. The van der Waals surface area contributed by atoms with E-state index in [4.69, 9.17) is 4.74 Å². The van der Waals surface area contributed by atoms with Gasteiger partial charge in [0.2, 0.25) is 11.8 Å². The summed E-state index contributed by atoms with van der Waals surface area (Å²) in [5.41, 5.74) is 0. The Labute approximate surface area is 114 Å². The highest BCUT2D eigenvalue weighted by molar-refractivity contribution is 5.86. The van der Waals surface area contributed by atoms with E-state index in [1.807, 2.05) is 0 Å². The molecule has 0 aromatic heterocycles. The molecule has 0 N–H and O–H groups in total. The average molecular weight is 268 g/mol. The molecule has 0 aliphatic heterocycles. The highest BCUT2D eigenvalue weighted by Crippen LogP contribution is 2.54. The first-order chi connectivity index (χ1) is 9.02. The van der Waals surface area contributed by atoms with Gasteiger partial charge in [-0.05, 0) is 31.1 Å². The van der Waals surface area contributed by atoms with Gasteiger partial charge in [0.1, 0.15) is 0 Å². The van der Waals surface area contributed by atoms with Gasteiger partial charge in [0, 0.05) is 33.7 Å². The summed E-state index contributed by atoms with van der Waals surface area (Å²) >= 11 is 0. The molecular formula is C14H24N2O3. The summed E-state index contributed by atoms with van der Waals surface area (Å²) in [4.78, 5) is 27.5. The van der Waals surface area contributed by atoms with E-state index < -0.39 is 0 Å².